The highest BCUT2D eigenvalue weighted by Gasteiger charge is 2.25. The van der Waals surface area contributed by atoms with E-state index in [0.29, 0.717) is 5.92 Å². The van der Waals surface area contributed by atoms with Gasteiger partial charge >= 0.3 is 0 Å². The first-order valence-electron chi connectivity index (χ1n) is 7.22. The van der Waals surface area contributed by atoms with Gasteiger partial charge in [0.25, 0.3) is 0 Å². The highest BCUT2D eigenvalue weighted by Crippen LogP contribution is 2.41. The van der Waals surface area contributed by atoms with E-state index in [1.165, 1.54) is 12.0 Å². The molecule has 110 valence electrons. The summed E-state index contributed by atoms with van der Waals surface area (Å²) in [5.41, 5.74) is 2.31. The first-order chi connectivity index (χ1) is 10.4. The molecule has 2 aromatic rings. The van der Waals surface area contributed by atoms with E-state index in [-0.39, 0.29) is 5.37 Å². The molecule has 0 radical (unpaired) electrons. The maximum absolute atomic E-state index is 4.52. The molecule has 1 saturated heterocycles. The molecule has 4 rings (SSSR count). The molecule has 21 heavy (non-hydrogen) atoms. The van der Waals surface area contributed by atoms with Crippen molar-refractivity contribution in [2.24, 2.45) is 5.92 Å². The van der Waals surface area contributed by atoms with Crippen LogP contribution < -0.4 is 10.2 Å². The van der Waals surface area contributed by atoms with Crippen molar-refractivity contribution in [1.82, 2.24) is 25.3 Å². The Kier molecular flexibility index (Phi) is 3.44. The lowest BCUT2D eigenvalue weighted by Crippen LogP contribution is -2.16. The van der Waals surface area contributed by atoms with Gasteiger partial charge in [0, 0.05) is 30.7 Å². The average Bonchev–Trinajstić information content (AvgIpc) is 3.28. The van der Waals surface area contributed by atoms with Crippen LogP contribution in [-0.2, 0) is 6.54 Å². The summed E-state index contributed by atoms with van der Waals surface area (Å²) in [5.74, 6) is 0.700. The predicted octanol–water partition coefficient (Wildman–Crippen LogP) is 1.94. The van der Waals surface area contributed by atoms with Crippen molar-refractivity contribution in [1.29, 1.82) is 0 Å². The van der Waals surface area contributed by atoms with E-state index in [9.17, 15) is 0 Å². The molecule has 2 aliphatic heterocycles. The number of hydrogen-bond donors (Lipinski definition) is 2. The normalized spacial score (nSPS) is 25.0. The summed E-state index contributed by atoms with van der Waals surface area (Å²) in [7, 11) is 0. The second-order valence-electron chi connectivity index (χ2n) is 5.49. The summed E-state index contributed by atoms with van der Waals surface area (Å²) in [5, 5.41) is 17.2. The van der Waals surface area contributed by atoms with Crippen LogP contribution in [0.2, 0.25) is 0 Å². The molecule has 0 aromatic carbocycles. The molecular weight excluding hydrogens is 284 g/mol. The summed E-state index contributed by atoms with van der Waals surface area (Å²) in [4.78, 5) is 2.24. The Labute approximate surface area is 127 Å². The van der Waals surface area contributed by atoms with Crippen molar-refractivity contribution in [3.8, 4) is 0 Å². The van der Waals surface area contributed by atoms with Gasteiger partial charge in [-0.15, -0.1) is 11.8 Å². The molecule has 0 amide bonds. The van der Waals surface area contributed by atoms with Crippen molar-refractivity contribution >= 4 is 17.4 Å². The van der Waals surface area contributed by atoms with E-state index in [1.54, 1.807) is 11.8 Å². The summed E-state index contributed by atoms with van der Waals surface area (Å²) in [6.07, 6.45) is 11.3. The minimum Gasteiger partial charge on any atom is -0.328 e. The maximum atomic E-state index is 4.52. The number of aromatic amines is 1. The van der Waals surface area contributed by atoms with Gasteiger partial charge in [0.05, 0.1) is 18.1 Å². The van der Waals surface area contributed by atoms with Crippen LogP contribution in [0.5, 0.6) is 0 Å². The lowest BCUT2D eigenvalue weighted by atomic mass is 10.1. The van der Waals surface area contributed by atoms with Gasteiger partial charge in [-0.05, 0) is 30.8 Å². The molecular formula is C14H18N6S. The van der Waals surface area contributed by atoms with Crippen LogP contribution in [0.15, 0.2) is 36.4 Å². The lowest BCUT2D eigenvalue weighted by molar-refractivity contribution is 0.449. The van der Waals surface area contributed by atoms with Crippen LogP contribution in [-0.4, -0.2) is 33.1 Å². The van der Waals surface area contributed by atoms with Gasteiger partial charge in [-0.25, -0.2) is 0 Å². The summed E-state index contributed by atoms with van der Waals surface area (Å²) >= 11 is 1.78. The summed E-state index contributed by atoms with van der Waals surface area (Å²) in [6.45, 7) is 3.23. The minimum atomic E-state index is 0.245. The SMILES string of the molecule is C1=CN(c2cnn(C[C@H]3CCNC3)c2)C(c2cn[nH]c2)S1. The fourth-order valence-electron chi connectivity index (χ4n) is 2.90. The first-order valence-corrected chi connectivity index (χ1v) is 8.17. The molecule has 0 bridgehead atoms. The maximum Gasteiger partial charge on any atom is 0.112 e. The van der Waals surface area contributed by atoms with Gasteiger partial charge in [-0.2, -0.15) is 10.2 Å². The van der Waals surface area contributed by atoms with Crippen LogP contribution in [0.4, 0.5) is 5.69 Å². The molecule has 1 unspecified atom stereocenters. The van der Waals surface area contributed by atoms with E-state index >= 15 is 0 Å². The van der Waals surface area contributed by atoms with E-state index in [4.69, 9.17) is 0 Å². The molecule has 1 fully saturated rings. The Bertz CT molecular complexity index is 613. The number of thioether (sulfide) groups is 1. The third-order valence-corrected chi connectivity index (χ3v) is 5.05. The molecule has 2 aliphatic rings. The zero-order chi connectivity index (χ0) is 14.1. The largest absolute Gasteiger partial charge is 0.328 e. The van der Waals surface area contributed by atoms with Gasteiger partial charge in [0.15, 0.2) is 0 Å². The van der Waals surface area contributed by atoms with Crippen molar-refractivity contribution in [3.63, 3.8) is 0 Å². The zero-order valence-corrected chi connectivity index (χ0v) is 12.5. The fraction of sp³-hybridized carbons (Fsp3) is 0.429. The highest BCUT2D eigenvalue weighted by atomic mass is 32.2. The Morgan fingerprint density at radius 3 is 3.19 bits per heavy atom. The number of anilines is 1. The van der Waals surface area contributed by atoms with Crippen molar-refractivity contribution in [2.45, 2.75) is 18.3 Å². The van der Waals surface area contributed by atoms with Gasteiger partial charge in [0.1, 0.15) is 5.37 Å². The van der Waals surface area contributed by atoms with Crippen LogP contribution in [0, 0.1) is 5.92 Å². The van der Waals surface area contributed by atoms with Crippen LogP contribution in [0.1, 0.15) is 17.4 Å². The average molecular weight is 302 g/mol. The third kappa shape index (κ3) is 2.58. The number of nitrogens with one attached hydrogen (secondary N) is 2. The van der Waals surface area contributed by atoms with Gasteiger partial charge < -0.3 is 10.2 Å². The predicted molar refractivity (Wildman–Crippen MR) is 83.7 cm³/mol. The van der Waals surface area contributed by atoms with E-state index < -0.39 is 0 Å². The van der Waals surface area contributed by atoms with E-state index in [0.717, 1.165) is 25.3 Å². The monoisotopic (exact) mass is 302 g/mol. The quantitative estimate of drug-likeness (QED) is 0.904. The smallest absolute Gasteiger partial charge is 0.112 e. The van der Waals surface area contributed by atoms with Gasteiger partial charge in [0.2, 0.25) is 0 Å². The number of aromatic nitrogens is 4. The topological polar surface area (TPSA) is 61.8 Å². The highest BCUT2D eigenvalue weighted by molar-refractivity contribution is 8.02. The van der Waals surface area contributed by atoms with Crippen molar-refractivity contribution < 1.29 is 0 Å². The zero-order valence-electron chi connectivity index (χ0n) is 11.6. The Balaban J connectivity index is 1.50. The Morgan fingerprint density at radius 2 is 2.38 bits per heavy atom. The third-order valence-electron chi connectivity index (χ3n) is 4.01. The second kappa shape index (κ2) is 5.57. The number of hydrogen-bond acceptors (Lipinski definition) is 5. The number of rotatable bonds is 4. The molecule has 2 N–H and O–H groups in total. The minimum absolute atomic E-state index is 0.245. The molecule has 2 aromatic heterocycles. The van der Waals surface area contributed by atoms with Crippen molar-refractivity contribution in [3.05, 3.63) is 42.0 Å². The molecule has 0 aliphatic carbocycles. The molecule has 0 spiro atoms. The molecule has 7 heteroatoms. The summed E-state index contributed by atoms with van der Waals surface area (Å²) in [6, 6.07) is 0. The lowest BCUT2D eigenvalue weighted by Gasteiger charge is -2.22. The van der Waals surface area contributed by atoms with Gasteiger partial charge in [-0.1, -0.05) is 0 Å². The van der Waals surface area contributed by atoms with Crippen molar-refractivity contribution in [2.75, 3.05) is 18.0 Å². The van der Waals surface area contributed by atoms with Crippen LogP contribution in [0.3, 0.4) is 0 Å². The standard InChI is InChI=1S/C14H18N6S/c1-2-15-5-11(1)9-19-10-13(8-18-19)20-3-4-21-14(20)12-6-16-17-7-12/h3-4,6-8,10-11,14-15H,1-2,5,9H2,(H,16,17)/t11-,14?/m0/s1. The van der Waals surface area contributed by atoms with Crippen LogP contribution >= 0.6 is 11.8 Å². The molecule has 6 nitrogen and oxygen atoms in total. The Hall–Kier alpha value is -1.73. The first kappa shape index (κ1) is 13.0. The summed E-state index contributed by atoms with van der Waals surface area (Å²) < 4.78 is 2.07. The van der Waals surface area contributed by atoms with Gasteiger partial charge in [-0.3, -0.25) is 9.78 Å². The number of H-pyrrole nitrogens is 1. The second-order valence-corrected chi connectivity index (χ2v) is 6.48. The Morgan fingerprint density at radius 1 is 1.38 bits per heavy atom. The number of nitrogens with zero attached hydrogens (tertiary/aromatic N) is 4. The molecule has 4 heterocycles. The molecule has 0 saturated carbocycles. The van der Waals surface area contributed by atoms with Crippen LogP contribution in [0.25, 0.3) is 0 Å². The molecule has 2 atom stereocenters. The fourth-order valence-corrected chi connectivity index (χ4v) is 3.86. The van der Waals surface area contributed by atoms with E-state index in [1.807, 2.05) is 18.6 Å². The van der Waals surface area contributed by atoms with E-state index in [2.05, 4.69) is 48.0 Å².